The van der Waals surface area contributed by atoms with Crippen LogP contribution in [0.4, 0.5) is 14.5 Å². The van der Waals surface area contributed by atoms with Crippen LogP contribution in [0, 0.1) is 11.6 Å². The number of hydrogen-bond acceptors (Lipinski definition) is 3. The molecule has 2 atom stereocenters. The van der Waals surface area contributed by atoms with Crippen LogP contribution in [-0.4, -0.2) is 10.1 Å². The van der Waals surface area contributed by atoms with Crippen LogP contribution < -0.4 is 10.2 Å². The molecule has 4 aromatic rings. The predicted molar refractivity (Wildman–Crippen MR) is 118 cm³/mol. The Bertz CT molecular complexity index is 1210. The summed E-state index contributed by atoms with van der Waals surface area (Å²) >= 11 is 5.63. The minimum Gasteiger partial charge on any atom is -0.459 e. The average Bonchev–Trinajstić information content (AvgIpc) is 3.40. The lowest BCUT2D eigenvalue weighted by molar-refractivity contribution is 0.439. The molecular formula is C24H17F2N3OS. The summed E-state index contributed by atoms with van der Waals surface area (Å²) in [6.45, 7) is 0. The molecule has 0 saturated carbocycles. The zero-order valence-electron chi connectivity index (χ0n) is 16.2. The molecule has 1 N–H and O–H groups in total. The van der Waals surface area contributed by atoms with Gasteiger partial charge in [0.15, 0.2) is 5.11 Å². The molecule has 1 aliphatic heterocycles. The fraction of sp³-hybridized carbons (Fsp3) is 0.0833. The van der Waals surface area contributed by atoms with E-state index in [-0.39, 0.29) is 23.7 Å². The van der Waals surface area contributed by atoms with Crippen molar-refractivity contribution in [2.45, 2.75) is 12.1 Å². The molecule has 0 bridgehead atoms. The van der Waals surface area contributed by atoms with E-state index in [1.54, 1.807) is 30.5 Å². The number of aromatic nitrogens is 1. The SMILES string of the molecule is Fc1ccc(-c2ccc([C@@H]3[C@@H](c4ccccn4)NC(=S)N3c3ccc(F)cc3)o2)cc1. The Kier molecular flexibility index (Phi) is 4.95. The van der Waals surface area contributed by atoms with Crippen molar-refractivity contribution in [1.82, 2.24) is 10.3 Å². The van der Waals surface area contributed by atoms with Gasteiger partial charge in [0.25, 0.3) is 0 Å². The first-order valence-electron chi connectivity index (χ1n) is 9.72. The average molecular weight is 433 g/mol. The number of pyridine rings is 1. The largest absolute Gasteiger partial charge is 0.459 e. The van der Waals surface area contributed by atoms with Crippen LogP contribution in [0.15, 0.2) is 89.5 Å². The normalized spacial score (nSPS) is 18.3. The summed E-state index contributed by atoms with van der Waals surface area (Å²) in [4.78, 5) is 6.40. The van der Waals surface area contributed by atoms with E-state index in [9.17, 15) is 8.78 Å². The molecule has 0 amide bonds. The van der Waals surface area contributed by atoms with Crippen molar-refractivity contribution in [3.8, 4) is 11.3 Å². The molecule has 5 rings (SSSR count). The number of benzene rings is 2. The van der Waals surface area contributed by atoms with Gasteiger partial charge in [-0.3, -0.25) is 4.98 Å². The lowest BCUT2D eigenvalue weighted by atomic mass is 10.0. The van der Waals surface area contributed by atoms with Gasteiger partial charge in [0, 0.05) is 17.4 Å². The molecule has 154 valence electrons. The molecule has 2 aromatic carbocycles. The van der Waals surface area contributed by atoms with E-state index in [1.807, 2.05) is 35.2 Å². The van der Waals surface area contributed by atoms with Gasteiger partial charge < -0.3 is 14.6 Å². The van der Waals surface area contributed by atoms with Gasteiger partial charge in [0.2, 0.25) is 0 Å². The topological polar surface area (TPSA) is 41.3 Å². The number of halogens is 2. The van der Waals surface area contributed by atoms with Crippen LogP contribution in [0.2, 0.25) is 0 Å². The Morgan fingerprint density at radius 3 is 2.26 bits per heavy atom. The maximum Gasteiger partial charge on any atom is 0.174 e. The van der Waals surface area contributed by atoms with Crippen molar-refractivity contribution in [1.29, 1.82) is 0 Å². The lowest BCUT2D eigenvalue weighted by Gasteiger charge is -2.26. The van der Waals surface area contributed by atoms with E-state index in [4.69, 9.17) is 16.6 Å². The van der Waals surface area contributed by atoms with Crippen molar-refractivity contribution >= 4 is 23.0 Å². The monoisotopic (exact) mass is 433 g/mol. The molecule has 31 heavy (non-hydrogen) atoms. The first-order chi connectivity index (χ1) is 15.1. The van der Waals surface area contributed by atoms with Gasteiger partial charge in [-0.15, -0.1) is 0 Å². The molecule has 0 spiro atoms. The summed E-state index contributed by atoms with van der Waals surface area (Å²) in [6, 6.07) is 21.1. The smallest absolute Gasteiger partial charge is 0.174 e. The van der Waals surface area contributed by atoms with Crippen LogP contribution in [0.1, 0.15) is 23.5 Å². The van der Waals surface area contributed by atoms with Crippen molar-refractivity contribution < 1.29 is 13.2 Å². The van der Waals surface area contributed by atoms with E-state index >= 15 is 0 Å². The second kappa shape index (κ2) is 7.92. The molecule has 2 aromatic heterocycles. The minimum absolute atomic E-state index is 0.272. The summed E-state index contributed by atoms with van der Waals surface area (Å²) < 4.78 is 33.0. The Morgan fingerprint density at radius 1 is 0.871 bits per heavy atom. The second-order valence-corrected chi connectivity index (χ2v) is 7.57. The molecule has 1 fully saturated rings. The van der Waals surface area contributed by atoms with Crippen LogP contribution >= 0.6 is 12.2 Å². The van der Waals surface area contributed by atoms with Gasteiger partial charge in [-0.2, -0.15) is 0 Å². The summed E-state index contributed by atoms with van der Waals surface area (Å²) in [5.41, 5.74) is 2.31. The van der Waals surface area contributed by atoms with Crippen molar-refractivity contribution in [3.63, 3.8) is 0 Å². The molecular weight excluding hydrogens is 416 g/mol. The molecule has 1 saturated heterocycles. The maximum absolute atomic E-state index is 13.5. The van der Waals surface area contributed by atoms with Crippen molar-refractivity contribution in [2.75, 3.05) is 4.90 Å². The van der Waals surface area contributed by atoms with Crippen LogP contribution in [0.5, 0.6) is 0 Å². The third-order valence-electron chi connectivity index (χ3n) is 5.25. The molecule has 7 heteroatoms. The highest BCUT2D eigenvalue weighted by Gasteiger charge is 2.42. The Labute approximate surface area is 183 Å². The van der Waals surface area contributed by atoms with Gasteiger partial charge in [0.1, 0.15) is 29.2 Å². The van der Waals surface area contributed by atoms with Crippen LogP contribution in [0.3, 0.4) is 0 Å². The van der Waals surface area contributed by atoms with E-state index in [0.29, 0.717) is 16.6 Å². The highest BCUT2D eigenvalue weighted by molar-refractivity contribution is 7.80. The molecule has 0 aliphatic carbocycles. The standard InChI is InChI=1S/C24H17F2N3OS/c25-16-6-4-15(5-7-16)20-12-13-21(30-20)23-22(19-3-1-2-14-27-19)28-24(31)29(23)18-10-8-17(26)9-11-18/h1-14,22-23H,(H,28,31)/t22-,23-/m1/s1. The van der Waals surface area contributed by atoms with E-state index in [0.717, 1.165) is 16.9 Å². The van der Waals surface area contributed by atoms with Gasteiger partial charge in [-0.05, 0) is 85.0 Å². The number of rotatable bonds is 4. The quantitative estimate of drug-likeness (QED) is 0.412. The number of anilines is 1. The summed E-state index contributed by atoms with van der Waals surface area (Å²) in [5, 5.41) is 3.82. The third-order valence-corrected chi connectivity index (χ3v) is 5.56. The van der Waals surface area contributed by atoms with E-state index < -0.39 is 0 Å². The fourth-order valence-electron chi connectivity index (χ4n) is 3.80. The highest BCUT2D eigenvalue weighted by Crippen LogP contribution is 2.42. The summed E-state index contributed by atoms with van der Waals surface area (Å²) in [5.74, 6) is 0.646. The first kappa shape index (κ1) is 19.4. The zero-order valence-corrected chi connectivity index (χ0v) is 17.0. The van der Waals surface area contributed by atoms with Gasteiger partial charge in [0.05, 0.1) is 11.7 Å². The number of furan rings is 1. The number of thiocarbonyl (C=S) groups is 1. The summed E-state index contributed by atoms with van der Waals surface area (Å²) in [7, 11) is 0. The maximum atomic E-state index is 13.5. The number of nitrogens with zero attached hydrogens (tertiary/aromatic N) is 2. The second-order valence-electron chi connectivity index (χ2n) is 7.18. The van der Waals surface area contributed by atoms with Crippen molar-refractivity contribution in [3.05, 3.63) is 108 Å². The Hall–Kier alpha value is -3.58. The van der Waals surface area contributed by atoms with Crippen LogP contribution in [0.25, 0.3) is 11.3 Å². The molecule has 0 unspecified atom stereocenters. The predicted octanol–water partition coefficient (Wildman–Crippen LogP) is 5.80. The number of hydrogen-bond donors (Lipinski definition) is 1. The van der Waals surface area contributed by atoms with Crippen LogP contribution in [-0.2, 0) is 0 Å². The molecule has 1 aliphatic rings. The fourth-order valence-corrected chi connectivity index (χ4v) is 4.15. The van der Waals surface area contributed by atoms with Gasteiger partial charge in [-0.1, -0.05) is 6.07 Å². The highest BCUT2D eigenvalue weighted by atomic mass is 32.1. The molecule has 3 heterocycles. The lowest BCUT2D eigenvalue weighted by Crippen LogP contribution is -2.29. The van der Waals surface area contributed by atoms with E-state index in [1.165, 1.54) is 24.3 Å². The Morgan fingerprint density at radius 2 is 1.58 bits per heavy atom. The Balaban J connectivity index is 1.59. The van der Waals surface area contributed by atoms with Crippen molar-refractivity contribution in [2.24, 2.45) is 0 Å². The van der Waals surface area contributed by atoms with E-state index in [2.05, 4.69) is 10.3 Å². The summed E-state index contributed by atoms with van der Waals surface area (Å²) in [6.07, 6.45) is 1.73. The molecule has 4 nitrogen and oxygen atoms in total. The number of nitrogens with one attached hydrogen (secondary N) is 1. The van der Waals surface area contributed by atoms with Gasteiger partial charge >= 0.3 is 0 Å². The molecule has 0 radical (unpaired) electrons. The third kappa shape index (κ3) is 3.68. The van der Waals surface area contributed by atoms with Gasteiger partial charge in [-0.25, -0.2) is 8.78 Å². The first-order valence-corrected chi connectivity index (χ1v) is 10.1. The zero-order chi connectivity index (χ0) is 21.4. The minimum atomic E-state index is -0.345.